The summed E-state index contributed by atoms with van der Waals surface area (Å²) < 4.78 is 0. The normalized spacial score (nSPS) is 26.5. The standard InChI is InChI=1S/C11H17ClN2S/c1-8-7-15-11(14-8)13-6-9-2-4-10(12)5-3-9/h7,9-10H,2-6H2,1H3,(H,13,14). The van der Waals surface area contributed by atoms with Gasteiger partial charge in [-0.3, -0.25) is 0 Å². The smallest absolute Gasteiger partial charge is 0.182 e. The van der Waals surface area contributed by atoms with Gasteiger partial charge in [0, 0.05) is 17.3 Å². The summed E-state index contributed by atoms with van der Waals surface area (Å²) in [5.41, 5.74) is 1.10. The number of alkyl halides is 1. The van der Waals surface area contributed by atoms with Crippen molar-refractivity contribution in [3.63, 3.8) is 0 Å². The molecule has 0 radical (unpaired) electrons. The topological polar surface area (TPSA) is 24.9 Å². The van der Waals surface area contributed by atoms with Crippen molar-refractivity contribution in [3.05, 3.63) is 11.1 Å². The summed E-state index contributed by atoms with van der Waals surface area (Å²) >= 11 is 7.76. The van der Waals surface area contributed by atoms with Crippen LogP contribution in [0.2, 0.25) is 0 Å². The number of rotatable bonds is 3. The van der Waals surface area contributed by atoms with E-state index in [1.807, 2.05) is 6.92 Å². The molecule has 1 aliphatic carbocycles. The molecule has 15 heavy (non-hydrogen) atoms. The maximum absolute atomic E-state index is 6.07. The maximum atomic E-state index is 6.07. The number of hydrogen-bond acceptors (Lipinski definition) is 3. The first-order chi connectivity index (χ1) is 7.24. The zero-order chi connectivity index (χ0) is 10.7. The molecule has 1 aromatic heterocycles. The SMILES string of the molecule is Cc1csc(NCC2CCC(Cl)CC2)n1. The van der Waals surface area contributed by atoms with Crippen molar-refractivity contribution in [2.75, 3.05) is 11.9 Å². The highest BCUT2D eigenvalue weighted by atomic mass is 35.5. The molecule has 2 rings (SSSR count). The van der Waals surface area contributed by atoms with E-state index in [0.29, 0.717) is 5.38 Å². The molecule has 0 spiro atoms. The monoisotopic (exact) mass is 244 g/mol. The number of thiazole rings is 1. The van der Waals surface area contributed by atoms with Crippen LogP contribution in [0.25, 0.3) is 0 Å². The summed E-state index contributed by atoms with van der Waals surface area (Å²) in [6.07, 6.45) is 4.85. The Labute approximate surface area is 100 Å². The molecular formula is C11H17ClN2S. The number of aromatic nitrogens is 1. The van der Waals surface area contributed by atoms with E-state index < -0.39 is 0 Å². The lowest BCUT2D eigenvalue weighted by atomic mass is 9.89. The van der Waals surface area contributed by atoms with Gasteiger partial charge in [-0.1, -0.05) is 0 Å². The van der Waals surface area contributed by atoms with Crippen molar-refractivity contribution in [1.29, 1.82) is 0 Å². The highest BCUT2D eigenvalue weighted by Crippen LogP contribution is 2.28. The summed E-state index contributed by atoms with van der Waals surface area (Å²) in [5, 5.41) is 6.97. The van der Waals surface area contributed by atoms with Gasteiger partial charge in [0.15, 0.2) is 5.13 Å². The Morgan fingerprint density at radius 3 is 2.80 bits per heavy atom. The third kappa shape index (κ3) is 3.35. The molecule has 1 aliphatic rings. The summed E-state index contributed by atoms with van der Waals surface area (Å²) in [7, 11) is 0. The summed E-state index contributed by atoms with van der Waals surface area (Å²) in [5.74, 6) is 0.782. The maximum Gasteiger partial charge on any atom is 0.182 e. The van der Waals surface area contributed by atoms with E-state index in [1.165, 1.54) is 25.7 Å². The third-order valence-electron chi connectivity index (χ3n) is 2.94. The fourth-order valence-corrected chi connectivity index (χ4v) is 2.94. The molecule has 0 saturated heterocycles. The molecule has 0 aromatic carbocycles. The largest absolute Gasteiger partial charge is 0.361 e. The van der Waals surface area contributed by atoms with Crippen molar-refractivity contribution >= 4 is 28.1 Å². The van der Waals surface area contributed by atoms with E-state index in [4.69, 9.17) is 11.6 Å². The second-order valence-electron chi connectivity index (χ2n) is 4.29. The van der Waals surface area contributed by atoms with Gasteiger partial charge in [-0.05, 0) is 38.5 Å². The third-order valence-corrected chi connectivity index (χ3v) is 4.29. The molecule has 0 atom stereocenters. The first-order valence-electron chi connectivity index (χ1n) is 5.54. The molecule has 0 unspecified atom stereocenters. The van der Waals surface area contributed by atoms with Gasteiger partial charge in [-0.2, -0.15) is 0 Å². The van der Waals surface area contributed by atoms with Gasteiger partial charge >= 0.3 is 0 Å². The van der Waals surface area contributed by atoms with Crippen LogP contribution in [0.5, 0.6) is 0 Å². The van der Waals surface area contributed by atoms with Gasteiger partial charge in [-0.25, -0.2) is 4.98 Å². The van der Waals surface area contributed by atoms with E-state index in [1.54, 1.807) is 11.3 Å². The quantitative estimate of drug-likeness (QED) is 0.821. The number of nitrogens with one attached hydrogen (secondary N) is 1. The molecule has 0 bridgehead atoms. The van der Waals surface area contributed by atoms with Crippen molar-refractivity contribution in [2.45, 2.75) is 38.0 Å². The molecular weight excluding hydrogens is 228 g/mol. The molecule has 0 amide bonds. The minimum absolute atomic E-state index is 0.420. The lowest BCUT2D eigenvalue weighted by Crippen LogP contribution is -2.21. The molecule has 4 heteroatoms. The van der Waals surface area contributed by atoms with Crippen molar-refractivity contribution in [2.24, 2.45) is 5.92 Å². The Kier molecular flexibility index (Phi) is 3.87. The average Bonchev–Trinajstić information content (AvgIpc) is 2.64. The van der Waals surface area contributed by atoms with Crippen LogP contribution in [-0.2, 0) is 0 Å². The zero-order valence-corrected chi connectivity index (χ0v) is 10.6. The summed E-state index contributed by atoms with van der Waals surface area (Å²) in [6, 6.07) is 0. The number of aryl methyl sites for hydroxylation is 1. The summed E-state index contributed by atoms with van der Waals surface area (Å²) in [4.78, 5) is 4.39. The van der Waals surface area contributed by atoms with Crippen LogP contribution in [-0.4, -0.2) is 16.9 Å². The minimum Gasteiger partial charge on any atom is -0.361 e. The van der Waals surface area contributed by atoms with Crippen LogP contribution in [0, 0.1) is 12.8 Å². The van der Waals surface area contributed by atoms with E-state index in [2.05, 4.69) is 15.7 Å². The van der Waals surface area contributed by atoms with Crippen molar-refractivity contribution < 1.29 is 0 Å². The zero-order valence-electron chi connectivity index (χ0n) is 9.00. The van der Waals surface area contributed by atoms with Crippen LogP contribution in [0.15, 0.2) is 5.38 Å². The van der Waals surface area contributed by atoms with Crippen LogP contribution >= 0.6 is 22.9 Å². The van der Waals surface area contributed by atoms with Crippen LogP contribution < -0.4 is 5.32 Å². The minimum atomic E-state index is 0.420. The first kappa shape index (κ1) is 11.2. The van der Waals surface area contributed by atoms with E-state index >= 15 is 0 Å². The highest BCUT2D eigenvalue weighted by Gasteiger charge is 2.19. The van der Waals surface area contributed by atoms with Gasteiger partial charge in [0.2, 0.25) is 0 Å². The Morgan fingerprint density at radius 1 is 1.47 bits per heavy atom. The van der Waals surface area contributed by atoms with Crippen LogP contribution in [0.4, 0.5) is 5.13 Å². The number of halogens is 1. The second-order valence-corrected chi connectivity index (χ2v) is 5.77. The van der Waals surface area contributed by atoms with Gasteiger partial charge in [0.05, 0.1) is 5.69 Å². The molecule has 0 aliphatic heterocycles. The van der Waals surface area contributed by atoms with Gasteiger partial charge in [0.25, 0.3) is 0 Å². The van der Waals surface area contributed by atoms with Crippen molar-refractivity contribution in [1.82, 2.24) is 4.98 Å². The number of anilines is 1. The lowest BCUT2D eigenvalue weighted by Gasteiger charge is -2.24. The van der Waals surface area contributed by atoms with E-state index in [0.717, 1.165) is 23.3 Å². The molecule has 1 N–H and O–H groups in total. The molecule has 2 nitrogen and oxygen atoms in total. The van der Waals surface area contributed by atoms with Crippen molar-refractivity contribution in [3.8, 4) is 0 Å². The predicted octanol–water partition coefficient (Wildman–Crippen LogP) is 3.66. The Hall–Kier alpha value is -0.280. The second kappa shape index (κ2) is 5.17. The molecule has 1 heterocycles. The Morgan fingerprint density at radius 2 is 2.20 bits per heavy atom. The Balaban J connectivity index is 1.74. The number of nitrogens with zero attached hydrogens (tertiary/aromatic N) is 1. The fraction of sp³-hybridized carbons (Fsp3) is 0.727. The number of hydrogen-bond donors (Lipinski definition) is 1. The first-order valence-corrected chi connectivity index (χ1v) is 6.85. The average molecular weight is 245 g/mol. The van der Waals surface area contributed by atoms with E-state index in [-0.39, 0.29) is 0 Å². The van der Waals surface area contributed by atoms with E-state index in [9.17, 15) is 0 Å². The molecule has 84 valence electrons. The fourth-order valence-electron chi connectivity index (χ4n) is 1.99. The van der Waals surface area contributed by atoms with Gasteiger partial charge in [0.1, 0.15) is 0 Å². The molecule has 1 fully saturated rings. The molecule has 1 aromatic rings. The van der Waals surface area contributed by atoms with Gasteiger partial charge < -0.3 is 5.32 Å². The predicted molar refractivity (Wildman–Crippen MR) is 66.9 cm³/mol. The van der Waals surface area contributed by atoms with Crippen LogP contribution in [0.3, 0.4) is 0 Å². The Bertz CT molecular complexity index is 305. The summed E-state index contributed by atoms with van der Waals surface area (Å²) in [6.45, 7) is 3.08. The highest BCUT2D eigenvalue weighted by molar-refractivity contribution is 7.13. The lowest BCUT2D eigenvalue weighted by molar-refractivity contribution is 0.378. The molecule has 1 saturated carbocycles. The van der Waals surface area contributed by atoms with Gasteiger partial charge in [-0.15, -0.1) is 22.9 Å². The van der Waals surface area contributed by atoms with Crippen LogP contribution in [0.1, 0.15) is 31.4 Å².